The highest BCUT2D eigenvalue weighted by Crippen LogP contribution is 2.26. The normalized spacial score (nSPS) is 14.7. The van der Waals surface area contributed by atoms with Crippen LogP contribution in [-0.2, 0) is 9.59 Å². The van der Waals surface area contributed by atoms with Crippen molar-refractivity contribution in [3.8, 4) is 0 Å². The standard InChI is InChI=1S/C17H21F3N2O2/c1-2-9-22(17(24)11-5-3-4-6-11)10-14(23)21-13-8-7-12(18)15(19)16(13)20/h7-8,11H,2-6,9-10H2,1H3,(H,21,23). The molecule has 1 saturated carbocycles. The Morgan fingerprint density at radius 2 is 1.83 bits per heavy atom. The van der Waals surface area contributed by atoms with Gasteiger partial charge in [-0.25, -0.2) is 13.2 Å². The lowest BCUT2D eigenvalue weighted by Crippen LogP contribution is -2.41. The second kappa shape index (κ2) is 8.17. The number of rotatable bonds is 6. The third-order valence-electron chi connectivity index (χ3n) is 4.15. The molecule has 0 spiro atoms. The van der Waals surface area contributed by atoms with Crippen molar-refractivity contribution in [2.45, 2.75) is 39.0 Å². The molecule has 1 aromatic carbocycles. The van der Waals surface area contributed by atoms with E-state index < -0.39 is 29.0 Å². The third kappa shape index (κ3) is 4.27. The monoisotopic (exact) mass is 342 g/mol. The van der Waals surface area contributed by atoms with E-state index in [1.54, 1.807) is 0 Å². The van der Waals surface area contributed by atoms with E-state index in [1.165, 1.54) is 4.90 Å². The van der Waals surface area contributed by atoms with Gasteiger partial charge in [-0.1, -0.05) is 19.8 Å². The number of hydrogen-bond donors (Lipinski definition) is 1. The van der Waals surface area contributed by atoms with Crippen molar-refractivity contribution in [2.75, 3.05) is 18.4 Å². The minimum absolute atomic E-state index is 0.0654. The van der Waals surface area contributed by atoms with Crippen LogP contribution in [0.15, 0.2) is 12.1 Å². The lowest BCUT2D eigenvalue weighted by molar-refractivity contribution is -0.138. The Hall–Kier alpha value is -2.05. The zero-order valence-electron chi connectivity index (χ0n) is 13.6. The van der Waals surface area contributed by atoms with Crippen molar-refractivity contribution in [3.63, 3.8) is 0 Å². The van der Waals surface area contributed by atoms with Gasteiger partial charge in [0, 0.05) is 12.5 Å². The van der Waals surface area contributed by atoms with Gasteiger partial charge in [-0.2, -0.15) is 0 Å². The molecule has 0 atom stereocenters. The van der Waals surface area contributed by atoms with Crippen molar-refractivity contribution in [1.82, 2.24) is 4.90 Å². The van der Waals surface area contributed by atoms with Crippen LogP contribution in [0.4, 0.5) is 18.9 Å². The summed E-state index contributed by atoms with van der Waals surface area (Å²) in [4.78, 5) is 26.0. The van der Waals surface area contributed by atoms with Gasteiger partial charge < -0.3 is 10.2 Å². The van der Waals surface area contributed by atoms with Crippen LogP contribution >= 0.6 is 0 Å². The van der Waals surface area contributed by atoms with Gasteiger partial charge in [0.15, 0.2) is 17.5 Å². The summed E-state index contributed by atoms with van der Waals surface area (Å²) >= 11 is 0. The SMILES string of the molecule is CCCN(CC(=O)Nc1ccc(F)c(F)c1F)C(=O)C1CCCC1. The van der Waals surface area contributed by atoms with Gasteiger partial charge in [-0.3, -0.25) is 9.59 Å². The maximum Gasteiger partial charge on any atom is 0.244 e. The Balaban J connectivity index is 2.02. The molecule has 2 rings (SSSR count). The maximum absolute atomic E-state index is 13.6. The summed E-state index contributed by atoms with van der Waals surface area (Å²) in [6.45, 7) is 2.08. The highest BCUT2D eigenvalue weighted by atomic mass is 19.2. The van der Waals surface area contributed by atoms with Crippen LogP contribution in [0.1, 0.15) is 39.0 Å². The Kier molecular flexibility index (Phi) is 6.23. The van der Waals surface area contributed by atoms with Crippen molar-refractivity contribution < 1.29 is 22.8 Å². The molecule has 0 radical (unpaired) electrons. The molecule has 0 saturated heterocycles. The lowest BCUT2D eigenvalue weighted by atomic mass is 10.1. The molecule has 0 aromatic heterocycles. The molecule has 2 amide bonds. The molecule has 4 nitrogen and oxygen atoms in total. The number of halogens is 3. The van der Waals surface area contributed by atoms with Gasteiger partial charge in [-0.05, 0) is 31.4 Å². The summed E-state index contributed by atoms with van der Waals surface area (Å²) in [5, 5.41) is 2.20. The Morgan fingerprint density at radius 1 is 1.17 bits per heavy atom. The first-order chi connectivity index (χ1) is 11.4. The van der Waals surface area contributed by atoms with Crippen molar-refractivity contribution in [3.05, 3.63) is 29.6 Å². The third-order valence-corrected chi connectivity index (χ3v) is 4.15. The van der Waals surface area contributed by atoms with Crippen LogP contribution in [0.5, 0.6) is 0 Å². The summed E-state index contributed by atoms with van der Waals surface area (Å²) in [5.41, 5.74) is -0.441. The summed E-state index contributed by atoms with van der Waals surface area (Å²) in [6.07, 6.45) is 4.33. The van der Waals surface area contributed by atoms with Gasteiger partial charge in [0.25, 0.3) is 0 Å². The largest absolute Gasteiger partial charge is 0.333 e. The van der Waals surface area contributed by atoms with Crippen LogP contribution in [0, 0.1) is 23.4 Å². The molecular weight excluding hydrogens is 321 g/mol. The maximum atomic E-state index is 13.6. The van der Waals surface area contributed by atoms with E-state index >= 15 is 0 Å². The van der Waals surface area contributed by atoms with E-state index in [9.17, 15) is 22.8 Å². The first kappa shape index (κ1) is 18.3. The highest BCUT2D eigenvalue weighted by Gasteiger charge is 2.28. The van der Waals surface area contributed by atoms with Gasteiger partial charge in [-0.15, -0.1) is 0 Å². The second-order valence-electron chi connectivity index (χ2n) is 6.01. The summed E-state index contributed by atoms with van der Waals surface area (Å²) in [6, 6.07) is 1.69. The van der Waals surface area contributed by atoms with Crippen molar-refractivity contribution in [2.24, 2.45) is 5.92 Å². The lowest BCUT2D eigenvalue weighted by Gasteiger charge is -2.24. The van der Waals surface area contributed by atoms with Gasteiger partial charge in [0.05, 0.1) is 12.2 Å². The molecule has 1 aliphatic rings. The summed E-state index contributed by atoms with van der Waals surface area (Å²) in [7, 11) is 0. The number of nitrogens with one attached hydrogen (secondary N) is 1. The Morgan fingerprint density at radius 3 is 2.46 bits per heavy atom. The molecule has 0 heterocycles. The number of benzene rings is 1. The number of carbonyl (C=O) groups is 2. The molecule has 1 aromatic rings. The topological polar surface area (TPSA) is 49.4 Å². The van der Waals surface area contributed by atoms with Crippen LogP contribution in [0.25, 0.3) is 0 Å². The number of hydrogen-bond acceptors (Lipinski definition) is 2. The number of carbonyl (C=O) groups excluding carboxylic acids is 2. The van der Waals surface area contributed by atoms with E-state index in [4.69, 9.17) is 0 Å². The van der Waals surface area contributed by atoms with E-state index in [0.717, 1.165) is 37.8 Å². The fourth-order valence-corrected chi connectivity index (χ4v) is 2.95. The van der Waals surface area contributed by atoms with Gasteiger partial charge in [0.1, 0.15) is 0 Å². The van der Waals surface area contributed by atoms with Gasteiger partial charge in [0.2, 0.25) is 11.8 Å². The zero-order chi connectivity index (χ0) is 17.7. The van der Waals surface area contributed by atoms with Gasteiger partial charge >= 0.3 is 0 Å². The minimum Gasteiger partial charge on any atom is -0.333 e. The van der Waals surface area contributed by atoms with Crippen LogP contribution in [-0.4, -0.2) is 29.8 Å². The second-order valence-corrected chi connectivity index (χ2v) is 6.01. The number of nitrogens with zero attached hydrogens (tertiary/aromatic N) is 1. The van der Waals surface area contributed by atoms with Crippen molar-refractivity contribution in [1.29, 1.82) is 0 Å². The predicted octanol–water partition coefficient (Wildman–Crippen LogP) is 3.47. The van der Waals surface area contributed by atoms with E-state index in [-0.39, 0.29) is 18.4 Å². The average molecular weight is 342 g/mol. The molecule has 0 aliphatic heterocycles. The predicted molar refractivity (Wildman–Crippen MR) is 83.8 cm³/mol. The Bertz CT molecular complexity index is 616. The fraction of sp³-hybridized carbons (Fsp3) is 0.529. The van der Waals surface area contributed by atoms with Crippen molar-refractivity contribution >= 4 is 17.5 Å². The molecule has 1 fully saturated rings. The molecule has 24 heavy (non-hydrogen) atoms. The molecule has 132 valence electrons. The molecule has 0 bridgehead atoms. The molecule has 1 aliphatic carbocycles. The fourth-order valence-electron chi connectivity index (χ4n) is 2.95. The summed E-state index contributed by atoms with van der Waals surface area (Å²) in [5.74, 6) is -5.19. The molecular formula is C17H21F3N2O2. The first-order valence-electron chi connectivity index (χ1n) is 8.16. The zero-order valence-corrected chi connectivity index (χ0v) is 13.6. The van der Waals surface area contributed by atoms with Crippen LogP contribution in [0.2, 0.25) is 0 Å². The number of amides is 2. The Labute approximate surface area is 139 Å². The average Bonchev–Trinajstić information content (AvgIpc) is 3.09. The van der Waals surface area contributed by atoms with E-state index in [0.29, 0.717) is 13.0 Å². The van der Waals surface area contributed by atoms with Crippen LogP contribution in [0.3, 0.4) is 0 Å². The smallest absolute Gasteiger partial charge is 0.244 e. The minimum atomic E-state index is -1.64. The van der Waals surface area contributed by atoms with E-state index in [2.05, 4.69) is 5.32 Å². The first-order valence-corrected chi connectivity index (χ1v) is 8.16. The van der Waals surface area contributed by atoms with E-state index in [1.807, 2.05) is 6.92 Å². The molecule has 7 heteroatoms. The number of anilines is 1. The highest BCUT2D eigenvalue weighted by molar-refractivity contribution is 5.95. The molecule has 1 N–H and O–H groups in total. The quantitative estimate of drug-likeness (QED) is 0.805. The summed E-state index contributed by atoms with van der Waals surface area (Å²) < 4.78 is 39.7. The van der Waals surface area contributed by atoms with Crippen LogP contribution < -0.4 is 5.32 Å². The molecule has 0 unspecified atom stereocenters.